The number of rotatable bonds is 7. The summed E-state index contributed by atoms with van der Waals surface area (Å²) in [6, 6.07) is 60.5. The highest BCUT2D eigenvalue weighted by atomic mass is 15.1. The van der Waals surface area contributed by atoms with Gasteiger partial charge in [0.25, 0.3) is 0 Å². The summed E-state index contributed by atoms with van der Waals surface area (Å²) < 4.78 is 4.67. The monoisotopic (exact) mass is 751 g/mol. The summed E-state index contributed by atoms with van der Waals surface area (Å²) in [6.45, 7) is 14.0. The van der Waals surface area contributed by atoms with Gasteiger partial charge in [0.05, 0.1) is 22.4 Å². The van der Waals surface area contributed by atoms with E-state index in [2.05, 4.69) is 198 Å². The fourth-order valence-corrected chi connectivity index (χ4v) is 8.30. The summed E-state index contributed by atoms with van der Waals surface area (Å²) in [5, 5.41) is 4.99. The Kier molecular flexibility index (Phi) is 11.0. The van der Waals surface area contributed by atoms with E-state index in [1.54, 1.807) is 0 Å². The average Bonchev–Trinajstić information content (AvgIpc) is 3.81. The van der Waals surface area contributed by atoms with Gasteiger partial charge in [-0.25, -0.2) is 0 Å². The SMILES string of the molecule is C=Cc1c(C=C)n(-c2ccccc2)c2ccccc12.CC.Cc1ccc(N(c2ccc3c(c2)c2c(n3-c3ccccc3)CCC=C2)c2cccc3ccccc23)cc1. The van der Waals surface area contributed by atoms with Gasteiger partial charge < -0.3 is 14.0 Å². The normalized spacial score (nSPS) is 11.6. The molecule has 9 aromatic rings. The van der Waals surface area contributed by atoms with Gasteiger partial charge in [-0.2, -0.15) is 0 Å². The van der Waals surface area contributed by atoms with Crippen molar-refractivity contribution in [3.8, 4) is 11.4 Å². The van der Waals surface area contributed by atoms with Gasteiger partial charge >= 0.3 is 0 Å². The van der Waals surface area contributed by atoms with Crippen LogP contribution in [0.4, 0.5) is 17.1 Å². The third kappa shape index (κ3) is 6.97. The Morgan fingerprint density at radius 3 is 1.86 bits per heavy atom. The first kappa shape index (κ1) is 37.8. The number of benzene rings is 7. The Hall–Kier alpha value is -7.10. The lowest BCUT2D eigenvalue weighted by atomic mass is 10.0. The van der Waals surface area contributed by atoms with E-state index in [0.717, 1.165) is 35.5 Å². The second-order valence-corrected chi connectivity index (χ2v) is 14.2. The first-order valence-electron chi connectivity index (χ1n) is 20.3. The van der Waals surface area contributed by atoms with Gasteiger partial charge in [-0.15, -0.1) is 0 Å². The second kappa shape index (κ2) is 17.0. The molecule has 0 saturated carbocycles. The number of aromatic nitrogens is 2. The molecule has 0 radical (unpaired) electrons. The third-order valence-electron chi connectivity index (χ3n) is 10.9. The Labute approximate surface area is 342 Å². The van der Waals surface area contributed by atoms with E-state index in [-0.39, 0.29) is 0 Å². The van der Waals surface area contributed by atoms with Gasteiger partial charge in [-0.1, -0.05) is 154 Å². The molecule has 0 amide bonds. The smallest absolute Gasteiger partial charge is 0.0541 e. The van der Waals surface area contributed by atoms with Crippen molar-refractivity contribution in [3.63, 3.8) is 0 Å². The van der Waals surface area contributed by atoms with Crippen LogP contribution in [0.15, 0.2) is 189 Å². The van der Waals surface area contributed by atoms with Crippen LogP contribution < -0.4 is 4.90 Å². The number of nitrogens with zero attached hydrogens (tertiary/aromatic N) is 3. The lowest BCUT2D eigenvalue weighted by Gasteiger charge is -2.27. The van der Waals surface area contributed by atoms with E-state index in [1.807, 2.05) is 44.2 Å². The first-order chi connectivity index (χ1) is 28.6. The van der Waals surface area contributed by atoms with Gasteiger partial charge in [0, 0.05) is 55.7 Å². The van der Waals surface area contributed by atoms with Crippen molar-refractivity contribution in [2.75, 3.05) is 4.90 Å². The maximum absolute atomic E-state index is 3.95. The molecular weight excluding hydrogens is 703 g/mol. The van der Waals surface area contributed by atoms with Gasteiger partial charge in [-0.05, 0) is 98.0 Å². The average molecular weight is 752 g/mol. The Morgan fingerprint density at radius 2 is 1.16 bits per heavy atom. The van der Waals surface area contributed by atoms with Crippen LogP contribution in [0.25, 0.3) is 62.2 Å². The lowest BCUT2D eigenvalue weighted by molar-refractivity contribution is 0.888. The summed E-state index contributed by atoms with van der Waals surface area (Å²) >= 11 is 0. The molecule has 1 aliphatic carbocycles. The van der Waals surface area contributed by atoms with Gasteiger partial charge in [0.15, 0.2) is 0 Å². The number of allylic oxidation sites excluding steroid dienone is 1. The van der Waals surface area contributed by atoms with E-state index in [4.69, 9.17) is 0 Å². The molecule has 58 heavy (non-hydrogen) atoms. The van der Waals surface area contributed by atoms with Crippen LogP contribution in [0.2, 0.25) is 0 Å². The van der Waals surface area contributed by atoms with Crippen molar-refractivity contribution < 1.29 is 0 Å². The van der Waals surface area contributed by atoms with Crippen LogP contribution >= 0.6 is 0 Å². The topological polar surface area (TPSA) is 13.1 Å². The van der Waals surface area contributed by atoms with Crippen LogP contribution in [0, 0.1) is 6.92 Å². The Balaban J connectivity index is 0.000000188. The number of fused-ring (bicyclic) bond motifs is 5. The van der Waals surface area contributed by atoms with Crippen molar-refractivity contribution in [2.24, 2.45) is 0 Å². The minimum atomic E-state index is 1.05. The molecule has 3 nitrogen and oxygen atoms in total. The molecule has 0 aliphatic heterocycles. The zero-order valence-electron chi connectivity index (χ0n) is 33.6. The molecule has 0 unspecified atom stereocenters. The molecule has 284 valence electrons. The number of hydrogen-bond donors (Lipinski definition) is 0. The molecular formula is C55H49N3. The molecule has 1 aliphatic rings. The highest BCUT2D eigenvalue weighted by Gasteiger charge is 2.22. The Bertz CT molecular complexity index is 2880. The number of hydrogen-bond acceptors (Lipinski definition) is 1. The van der Waals surface area contributed by atoms with Crippen molar-refractivity contribution in [3.05, 3.63) is 217 Å². The van der Waals surface area contributed by atoms with Gasteiger partial charge in [0.2, 0.25) is 0 Å². The maximum Gasteiger partial charge on any atom is 0.0541 e. The van der Waals surface area contributed by atoms with Crippen LogP contribution in [0.5, 0.6) is 0 Å². The summed E-state index contributed by atoms with van der Waals surface area (Å²) in [6.07, 6.45) is 10.6. The van der Waals surface area contributed by atoms with E-state index in [0.29, 0.717) is 0 Å². The Morgan fingerprint density at radius 1 is 0.552 bits per heavy atom. The highest BCUT2D eigenvalue weighted by Crippen LogP contribution is 2.42. The number of para-hydroxylation sites is 3. The van der Waals surface area contributed by atoms with Crippen LogP contribution in [-0.4, -0.2) is 9.13 Å². The largest absolute Gasteiger partial charge is 0.313 e. The van der Waals surface area contributed by atoms with Crippen LogP contribution in [0.1, 0.15) is 48.3 Å². The standard InChI is InChI=1S/C35H28N2.C18H15N.C2H6/c1-25-18-20-28(21-19-25)36(33-17-9-11-26-10-5-6-14-30(26)33)29-22-23-35-32(24-29)31-15-7-8-16-34(31)37(35)27-12-3-2-4-13-27;1-3-15-16-12-8-9-13-18(16)19(17(15)4-2)14-10-6-5-7-11-14;1-2/h2-7,9-15,17-24H,8,16H2,1H3;3-13H,1-2H2;1-2H3. The number of anilines is 3. The molecule has 2 heterocycles. The molecule has 0 atom stereocenters. The molecule has 3 heteroatoms. The van der Waals surface area contributed by atoms with E-state index < -0.39 is 0 Å². The predicted octanol–water partition coefficient (Wildman–Crippen LogP) is 15.5. The first-order valence-corrected chi connectivity index (χ1v) is 20.3. The highest BCUT2D eigenvalue weighted by molar-refractivity contribution is 6.02. The molecule has 0 fully saturated rings. The molecule has 0 saturated heterocycles. The third-order valence-corrected chi connectivity index (χ3v) is 10.9. The fraction of sp³-hybridized carbons (Fsp3) is 0.0909. The van der Waals surface area contributed by atoms with E-state index in [1.165, 1.54) is 66.5 Å². The van der Waals surface area contributed by atoms with E-state index in [9.17, 15) is 0 Å². The number of aryl methyl sites for hydroxylation is 1. The van der Waals surface area contributed by atoms with Crippen LogP contribution in [-0.2, 0) is 6.42 Å². The molecule has 0 bridgehead atoms. The summed E-state index contributed by atoms with van der Waals surface area (Å²) in [4.78, 5) is 2.40. The molecule has 10 rings (SSSR count). The summed E-state index contributed by atoms with van der Waals surface area (Å²) in [5.41, 5.74) is 14.5. The maximum atomic E-state index is 3.95. The van der Waals surface area contributed by atoms with Crippen molar-refractivity contribution >= 4 is 67.9 Å². The van der Waals surface area contributed by atoms with Crippen LogP contribution in [0.3, 0.4) is 0 Å². The quantitative estimate of drug-likeness (QED) is 0.158. The lowest BCUT2D eigenvalue weighted by Crippen LogP contribution is -2.10. The minimum absolute atomic E-state index is 1.05. The molecule has 0 spiro atoms. The summed E-state index contributed by atoms with van der Waals surface area (Å²) in [7, 11) is 0. The van der Waals surface area contributed by atoms with Crippen molar-refractivity contribution in [1.29, 1.82) is 0 Å². The van der Waals surface area contributed by atoms with E-state index >= 15 is 0 Å². The molecule has 2 aromatic heterocycles. The van der Waals surface area contributed by atoms with Gasteiger partial charge in [-0.3, -0.25) is 0 Å². The zero-order valence-corrected chi connectivity index (χ0v) is 33.6. The molecule has 7 aromatic carbocycles. The minimum Gasteiger partial charge on any atom is -0.313 e. The van der Waals surface area contributed by atoms with Gasteiger partial charge in [0.1, 0.15) is 0 Å². The zero-order chi connectivity index (χ0) is 40.0. The van der Waals surface area contributed by atoms with Crippen molar-refractivity contribution in [2.45, 2.75) is 33.6 Å². The molecule has 0 N–H and O–H groups in total. The predicted molar refractivity (Wildman–Crippen MR) is 252 cm³/mol. The second-order valence-electron chi connectivity index (χ2n) is 14.2. The fourth-order valence-electron chi connectivity index (χ4n) is 8.30. The van der Waals surface area contributed by atoms with Crippen molar-refractivity contribution in [1.82, 2.24) is 9.13 Å². The summed E-state index contributed by atoms with van der Waals surface area (Å²) in [5.74, 6) is 0.